The van der Waals surface area contributed by atoms with Gasteiger partial charge < -0.3 is 5.73 Å². The van der Waals surface area contributed by atoms with E-state index in [2.05, 4.69) is 58.5 Å². The standard InChI is InChI=1S/C14H16IN3/c1-3-4-11-12(15)13(16)18-14(17-11)10-7-5-9(2)6-8-10/h5-8H,3-4H2,1-2H3,(H2,16,17,18). The van der Waals surface area contributed by atoms with Crippen LogP contribution in [-0.4, -0.2) is 9.97 Å². The Bertz CT molecular complexity index is 550. The van der Waals surface area contributed by atoms with Gasteiger partial charge in [0.1, 0.15) is 5.82 Å². The van der Waals surface area contributed by atoms with Crippen molar-refractivity contribution in [3.05, 3.63) is 39.1 Å². The van der Waals surface area contributed by atoms with E-state index < -0.39 is 0 Å². The third-order valence-corrected chi connectivity index (χ3v) is 3.92. The molecule has 0 amide bonds. The van der Waals surface area contributed by atoms with E-state index in [1.54, 1.807) is 0 Å². The first-order valence-corrected chi connectivity index (χ1v) is 7.08. The highest BCUT2D eigenvalue weighted by Gasteiger charge is 2.10. The van der Waals surface area contributed by atoms with Crippen LogP contribution in [0.4, 0.5) is 5.82 Å². The quantitative estimate of drug-likeness (QED) is 0.858. The number of rotatable bonds is 3. The lowest BCUT2D eigenvalue weighted by atomic mass is 10.1. The number of halogens is 1. The fourth-order valence-corrected chi connectivity index (χ4v) is 2.26. The molecule has 0 spiro atoms. The summed E-state index contributed by atoms with van der Waals surface area (Å²) in [7, 11) is 0. The van der Waals surface area contributed by atoms with Gasteiger partial charge in [0.05, 0.1) is 9.26 Å². The number of anilines is 1. The number of aromatic nitrogens is 2. The molecule has 0 atom stereocenters. The van der Waals surface area contributed by atoms with Crippen LogP contribution >= 0.6 is 22.6 Å². The SMILES string of the molecule is CCCc1nc(-c2ccc(C)cc2)nc(N)c1I. The molecular weight excluding hydrogens is 337 g/mol. The normalized spacial score (nSPS) is 10.6. The molecule has 18 heavy (non-hydrogen) atoms. The molecule has 0 bridgehead atoms. The highest BCUT2D eigenvalue weighted by molar-refractivity contribution is 14.1. The molecule has 94 valence electrons. The maximum absolute atomic E-state index is 5.96. The van der Waals surface area contributed by atoms with E-state index in [9.17, 15) is 0 Å². The number of benzene rings is 1. The largest absolute Gasteiger partial charge is 0.383 e. The maximum atomic E-state index is 5.96. The molecule has 0 aliphatic rings. The van der Waals surface area contributed by atoms with Crippen molar-refractivity contribution in [3.63, 3.8) is 0 Å². The van der Waals surface area contributed by atoms with Crippen LogP contribution < -0.4 is 5.73 Å². The molecule has 2 rings (SSSR count). The van der Waals surface area contributed by atoms with Gasteiger partial charge in [0.2, 0.25) is 0 Å². The molecule has 1 heterocycles. The zero-order valence-corrected chi connectivity index (χ0v) is 12.7. The lowest BCUT2D eigenvalue weighted by Gasteiger charge is -2.08. The molecule has 2 aromatic rings. The Labute approximate surface area is 121 Å². The molecule has 0 radical (unpaired) electrons. The summed E-state index contributed by atoms with van der Waals surface area (Å²) in [5, 5.41) is 0. The van der Waals surface area contributed by atoms with Crippen molar-refractivity contribution < 1.29 is 0 Å². The first-order chi connectivity index (χ1) is 8.61. The van der Waals surface area contributed by atoms with E-state index in [4.69, 9.17) is 5.73 Å². The monoisotopic (exact) mass is 353 g/mol. The Morgan fingerprint density at radius 2 is 1.83 bits per heavy atom. The Morgan fingerprint density at radius 1 is 1.17 bits per heavy atom. The van der Waals surface area contributed by atoms with Crippen LogP contribution in [0.25, 0.3) is 11.4 Å². The molecule has 0 saturated carbocycles. The van der Waals surface area contributed by atoms with Gasteiger partial charge >= 0.3 is 0 Å². The van der Waals surface area contributed by atoms with Gasteiger partial charge in [-0.15, -0.1) is 0 Å². The van der Waals surface area contributed by atoms with Crippen molar-refractivity contribution in [1.29, 1.82) is 0 Å². The van der Waals surface area contributed by atoms with Crippen LogP contribution in [0.2, 0.25) is 0 Å². The van der Waals surface area contributed by atoms with Crippen LogP contribution in [0.1, 0.15) is 24.6 Å². The molecule has 0 saturated heterocycles. The van der Waals surface area contributed by atoms with E-state index in [-0.39, 0.29) is 0 Å². The van der Waals surface area contributed by atoms with E-state index in [1.165, 1.54) is 5.56 Å². The summed E-state index contributed by atoms with van der Waals surface area (Å²) in [5.41, 5.74) is 9.25. The highest BCUT2D eigenvalue weighted by Crippen LogP contribution is 2.23. The maximum Gasteiger partial charge on any atom is 0.161 e. The molecule has 1 aromatic carbocycles. The summed E-state index contributed by atoms with van der Waals surface area (Å²) in [4.78, 5) is 9.00. The van der Waals surface area contributed by atoms with Crippen LogP contribution in [0.5, 0.6) is 0 Å². The number of aryl methyl sites for hydroxylation is 2. The van der Waals surface area contributed by atoms with E-state index >= 15 is 0 Å². The fraction of sp³-hybridized carbons (Fsp3) is 0.286. The van der Waals surface area contributed by atoms with Crippen LogP contribution in [0.15, 0.2) is 24.3 Å². The third-order valence-electron chi connectivity index (χ3n) is 2.74. The molecule has 4 heteroatoms. The minimum absolute atomic E-state index is 0.574. The molecule has 3 nitrogen and oxygen atoms in total. The number of nitrogen functional groups attached to an aromatic ring is 1. The average Bonchev–Trinajstić information content (AvgIpc) is 2.36. The second-order valence-electron chi connectivity index (χ2n) is 4.31. The fourth-order valence-electron chi connectivity index (χ4n) is 1.75. The predicted octanol–water partition coefficient (Wildman–Crippen LogP) is 3.59. The Hall–Kier alpha value is -1.17. The average molecular weight is 353 g/mol. The van der Waals surface area contributed by atoms with Crippen molar-refractivity contribution in [1.82, 2.24) is 9.97 Å². The van der Waals surface area contributed by atoms with Crippen molar-refractivity contribution in [2.24, 2.45) is 0 Å². The summed E-state index contributed by atoms with van der Waals surface area (Å²) in [6, 6.07) is 8.19. The van der Waals surface area contributed by atoms with Crippen LogP contribution in [0.3, 0.4) is 0 Å². The van der Waals surface area contributed by atoms with Crippen molar-refractivity contribution in [2.45, 2.75) is 26.7 Å². The molecular formula is C14H16IN3. The predicted molar refractivity (Wildman–Crippen MR) is 83.3 cm³/mol. The number of nitrogens with zero attached hydrogens (tertiary/aromatic N) is 2. The van der Waals surface area contributed by atoms with Gasteiger partial charge in [0, 0.05) is 5.56 Å². The summed E-state index contributed by atoms with van der Waals surface area (Å²) in [5.74, 6) is 1.29. The lowest BCUT2D eigenvalue weighted by Crippen LogP contribution is -2.05. The van der Waals surface area contributed by atoms with Gasteiger partial charge in [-0.3, -0.25) is 0 Å². The molecule has 0 fully saturated rings. The lowest BCUT2D eigenvalue weighted by molar-refractivity contribution is 0.869. The molecule has 0 aliphatic carbocycles. The van der Waals surface area contributed by atoms with Gasteiger partial charge in [-0.2, -0.15) is 0 Å². The van der Waals surface area contributed by atoms with E-state index in [0.29, 0.717) is 5.82 Å². The Balaban J connectivity index is 2.48. The van der Waals surface area contributed by atoms with E-state index in [1.807, 2.05) is 12.1 Å². The Kier molecular flexibility index (Phi) is 4.16. The smallest absolute Gasteiger partial charge is 0.161 e. The van der Waals surface area contributed by atoms with Gasteiger partial charge in [0.15, 0.2) is 5.82 Å². The van der Waals surface area contributed by atoms with Gasteiger partial charge in [0.25, 0.3) is 0 Å². The van der Waals surface area contributed by atoms with Crippen molar-refractivity contribution in [2.75, 3.05) is 5.73 Å². The minimum Gasteiger partial charge on any atom is -0.383 e. The summed E-state index contributed by atoms with van der Waals surface area (Å²) in [6.45, 7) is 4.20. The third kappa shape index (κ3) is 2.80. The second-order valence-corrected chi connectivity index (χ2v) is 5.39. The molecule has 0 aliphatic heterocycles. The topological polar surface area (TPSA) is 51.8 Å². The second kappa shape index (κ2) is 5.65. The van der Waals surface area contributed by atoms with Crippen molar-refractivity contribution >= 4 is 28.4 Å². The summed E-state index contributed by atoms with van der Waals surface area (Å²) < 4.78 is 0.977. The molecule has 1 aromatic heterocycles. The number of hydrogen-bond donors (Lipinski definition) is 1. The molecule has 0 unspecified atom stereocenters. The van der Waals surface area contributed by atoms with E-state index in [0.717, 1.165) is 33.5 Å². The van der Waals surface area contributed by atoms with Crippen LogP contribution in [0, 0.1) is 10.5 Å². The summed E-state index contributed by atoms with van der Waals surface area (Å²) in [6.07, 6.45) is 1.99. The first kappa shape index (κ1) is 13.3. The van der Waals surface area contributed by atoms with Crippen LogP contribution in [-0.2, 0) is 6.42 Å². The van der Waals surface area contributed by atoms with Gasteiger partial charge in [-0.05, 0) is 35.9 Å². The zero-order chi connectivity index (χ0) is 13.1. The number of hydrogen-bond acceptors (Lipinski definition) is 3. The van der Waals surface area contributed by atoms with Gasteiger partial charge in [-0.1, -0.05) is 43.2 Å². The number of nitrogens with two attached hydrogens (primary N) is 1. The molecule has 2 N–H and O–H groups in total. The summed E-state index contributed by atoms with van der Waals surface area (Å²) >= 11 is 2.22. The van der Waals surface area contributed by atoms with Gasteiger partial charge in [-0.25, -0.2) is 9.97 Å². The Morgan fingerprint density at radius 3 is 2.44 bits per heavy atom. The van der Waals surface area contributed by atoms with Crippen molar-refractivity contribution in [3.8, 4) is 11.4 Å². The highest BCUT2D eigenvalue weighted by atomic mass is 127. The zero-order valence-electron chi connectivity index (χ0n) is 10.6. The minimum atomic E-state index is 0.574. The first-order valence-electron chi connectivity index (χ1n) is 6.00.